The van der Waals surface area contributed by atoms with Crippen molar-refractivity contribution in [1.82, 2.24) is 9.21 Å². The summed E-state index contributed by atoms with van der Waals surface area (Å²) in [5.74, 6) is 0. The number of rotatable bonds is 3. The molecule has 1 aromatic rings. The van der Waals surface area contributed by atoms with E-state index in [1.165, 1.54) is 18.2 Å². The van der Waals surface area contributed by atoms with Crippen molar-refractivity contribution < 1.29 is 22.7 Å². The Labute approximate surface area is 179 Å². The van der Waals surface area contributed by atoms with Gasteiger partial charge in [-0.3, -0.25) is 0 Å². The van der Waals surface area contributed by atoms with Crippen molar-refractivity contribution in [1.29, 1.82) is 0 Å². The normalized spacial score (nSPS) is 20.8. The number of imide groups is 1. The van der Waals surface area contributed by atoms with Gasteiger partial charge >= 0.3 is 12.1 Å². The molecule has 1 aliphatic rings. The second-order valence-electron chi connectivity index (χ2n) is 9.67. The van der Waals surface area contributed by atoms with Crippen molar-refractivity contribution in [3.05, 3.63) is 42.5 Å². The van der Waals surface area contributed by atoms with E-state index in [1.54, 1.807) is 32.9 Å². The van der Waals surface area contributed by atoms with Gasteiger partial charge in [-0.05, 0) is 51.7 Å². The Bertz CT molecular complexity index is 924. The van der Waals surface area contributed by atoms with E-state index in [0.29, 0.717) is 0 Å². The number of nitrogens with zero attached hydrogens (tertiary/aromatic N) is 2. The van der Waals surface area contributed by atoms with Crippen molar-refractivity contribution in [2.24, 2.45) is 5.41 Å². The smallest absolute Gasteiger partial charge is 0.418 e. The van der Waals surface area contributed by atoms with Crippen LogP contribution in [0.3, 0.4) is 0 Å². The molecular weight excluding hydrogens is 404 g/mol. The van der Waals surface area contributed by atoms with Gasteiger partial charge in [0.2, 0.25) is 0 Å². The first-order valence-corrected chi connectivity index (χ1v) is 11.3. The first kappa shape index (κ1) is 23.9. The molecule has 0 aliphatic carbocycles. The van der Waals surface area contributed by atoms with Gasteiger partial charge in [0.05, 0.1) is 17.0 Å². The number of hydrogen-bond acceptors (Lipinski definition) is 5. The van der Waals surface area contributed by atoms with E-state index in [1.807, 2.05) is 27.7 Å². The quantitative estimate of drug-likeness (QED) is 0.641. The Balaban J connectivity index is 2.58. The Kier molecular flexibility index (Phi) is 6.43. The number of amides is 3. The lowest BCUT2D eigenvalue weighted by molar-refractivity contribution is 0.000132. The van der Waals surface area contributed by atoms with Gasteiger partial charge in [-0.15, -0.1) is 6.58 Å². The number of carbonyl (C=O) groups excluding carboxylic acids is 2. The van der Waals surface area contributed by atoms with Crippen LogP contribution < -0.4 is 0 Å². The van der Waals surface area contributed by atoms with Gasteiger partial charge in [-0.25, -0.2) is 27.2 Å². The van der Waals surface area contributed by atoms with Gasteiger partial charge < -0.3 is 4.74 Å². The molecule has 30 heavy (non-hydrogen) atoms. The molecule has 0 unspecified atom stereocenters. The molecule has 0 saturated carbocycles. The minimum absolute atomic E-state index is 0.0216. The fraction of sp³-hybridized carbons (Fsp3) is 0.545. The Morgan fingerprint density at radius 1 is 1.13 bits per heavy atom. The van der Waals surface area contributed by atoms with Crippen LogP contribution in [0.1, 0.15) is 53.5 Å². The van der Waals surface area contributed by atoms with Crippen LogP contribution >= 0.6 is 0 Å². The fourth-order valence-corrected chi connectivity index (χ4v) is 4.89. The summed E-state index contributed by atoms with van der Waals surface area (Å²) in [5.41, 5.74) is -0.439. The molecule has 1 aliphatic heterocycles. The van der Waals surface area contributed by atoms with Crippen LogP contribution in [0.2, 0.25) is 0 Å². The zero-order valence-corrected chi connectivity index (χ0v) is 19.6. The zero-order valence-electron chi connectivity index (χ0n) is 18.8. The fourth-order valence-electron chi connectivity index (χ4n) is 3.37. The molecule has 7 nitrogen and oxygen atoms in total. The van der Waals surface area contributed by atoms with Crippen molar-refractivity contribution in [2.45, 2.75) is 77.5 Å². The second kappa shape index (κ2) is 8.06. The van der Waals surface area contributed by atoms with E-state index in [-0.39, 0.29) is 11.3 Å². The summed E-state index contributed by atoms with van der Waals surface area (Å²) in [6.45, 7) is 16.3. The van der Waals surface area contributed by atoms with E-state index >= 15 is 0 Å². The maximum absolute atomic E-state index is 13.5. The summed E-state index contributed by atoms with van der Waals surface area (Å²) in [7, 11) is -4.21. The number of urea groups is 1. The zero-order chi connectivity index (χ0) is 23.1. The maximum Gasteiger partial charge on any atom is 0.418 e. The topological polar surface area (TPSA) is 84.0 Å². The van der Waals surface area contributed by atoms with E-state index in [4.69, 9.17) is 4.74 Å². The van der Waals surface area contributed by atoms with Gasteiger partial charge in [0, 0.05) is 0 Å². The molecule has 166 valence electrons. The average molecular weight is 437 g/mol. The molecule has 0 aromatic heterocycles. The highest BCUT2D eigenvalue weighted by Crippen LogP contribution is 2.37. The van der Waals surface area contributed by atoms with E-state index in [2.05, 4.69) is 6.58 Å². The molecule has 1 aromatic carbocycles. The van der Waals surface area contributed by atoms with Crippen LogP contribution in [0.15, 0.2) is 41.8 Å². The highest BCUT2D eigenvalue weighted by molar-refractivity contribution is 7.89. The standard InChI is InChI=1S/C22H32N2O5S/c1-9-16-14-18(21(3,4)5)23(20(26)29-22(6,7)8)19(25)24(16)30(27,28)17-12-10-15(2)11-13-17/h9-13,16,18H,1,14H2,2-8H3/t16-,18+/m0/s1. The third-order valence-electron chi connectivity index (χ3n) is 4.91. The summed E-state index contributed by atoms with van der Waals surface area (Å²) < 4.78 is 32.9. The molecule has 0 N–H and O–H groups in total. The van der Waals surface area contributed by atoms with Crippen LogP contribution in [-0.4, -0.2) is 47.4 Å². The van der Waals surface area contributed by atoms with Crippen molar-refractivity contribution >= 4 is 22.1 Å². The van der Waals surface area contributed by atoms with Gasteiger partial charge in [-0.1, -0.05) is 44.5 Å². The molecule has 2 atom stereocenters. The summed E-state index contributed by atoms with van der Waals surface area (Å²) in [4.78, 5) is 27.4. The molecule has 2 rings (SSSR count). The number of ether oxygens (including phenoxy) is 1. The summed E-state index contributed by atoms with van der Waals surface area (Å²) in [6, 6.07) is 3.94. The van der Waals surface area contributed by atoms with Crippen molar-refractivity contribution in [3.8, 4) is 0 Å². The third-order valence-corrected chi connectivity index (χ3v) is 6.72. The second-order valence-corrected chi connectivity index (χ2v) is 11.5. The Morgan fingerprint density at radius 3 is 2.10 bits per heavy atom. The maximum atomic E-state index is 13.5. The van der Waals surface area contributed by atoms with Gasteiger partial charge in [0.15, 0.2) is 0 Å². The van der Waals surface area contributed by atoms with Gasteiger partial charge in [0.1, 0.15) is 5.60 Å². The van der Waals surface area contributed by atoms with Gasteiger partial charge in [-0.2, -0.15) is 0 Å². The average Bonchev–Trinajstić information content (AvgIpc) is 2.58. The number of sulfonamides is 1. The lowest BCUT2D eigenvalue weighted by Gasteiger charge is -2.47. The predicted octanol–water partition coefficient (Wildman–Crippen LogP) is 4.72. The van der Waals surface area contributed by atoms with Crippen LogP contribution in [0.25, 0.3) is 0 Å². The number of hydrogen-bond donors (Lipinski definition) is 0. The summed E-state index contributed by atoms with van der Waals surface area (Å²) in [6.07, 6.45) is 0.803. The molecule has 1 saturated heterocycles. The van der Waals surface area contributed by atoms with E-state index in [9.17, 15) is 18.0 Å². The largest absolute Gasteiger partial charge is 0.443 e. The first-order valence-electron chi connectivity index (χ1n) is 9.89. The predicted molar refractivity (Wildman–Crippen MR) is 116 cm³/mol. The summed E-state index contributed by atoms with van der Waals surface area (Å²) >= 11 is 0. The number of aryl methyl sites for hydroxylation is 1. The summed E-state index contributed by atoms with van der Waals surface area (Å²) in [5, 5.41) is 0. The highest BCUT2D eigenvalue weighted by Gasteiger charge is 2.51. The number of carbonyl (C=O) groups is 2. The van der Waals surface area contributed by atoms with Crippen LogP contribution in [0.5, 0.6) is 0 Å². The van der Waals surface area contributed by atoms with Crippen molar-refractivity contribution in [3.63, 3.8) is 0 Å². The minimum atomic E-state index is -4.21. The lowest BCUT2D eigenvalue weighted by atomic mass is 9.81. The highest BCUT2D eigenvalue weighted by atomic mass is 32.2. The van der Waals surface area contributed by atoms with Crippen LogP contribution in [0, 0.1) is 12.3 Å². The molecule has 0 radical (unpaired) electrons. The van der Waals surface area contributed by atoms with Gasteiger partial charge in [0.25, 0.3) is 10.0 Å². The lowest BCUT2D eigenvalue weighted by Crippen LogP contribution is -2.64. The monoisotopic (exact) mass is 436 g/mol. The minimum Gasteiger partial charge on any atom is -0.443 e. The first-order chi connectivity index (χ1) is 13.6. The molecule has 0 bridgehead atoms. The molecular formula is C22H32N2O5S. The molecule has 3 amide bonds. The third kappa shape index (κ3) is 4.86. The van der Waals surface area contributed by atoms with Crippen LogP contribution in [-0.2, 0) is 14.8 Å². The van der Waals surface area contributed by atoms with Crippen molar-refractivity contribution in [2.75, 3.05) is 0 Å². The molecule has 0 spiro atoms. The van der Waals surface area contributed by atoms with Crippen LogP contribution in [0.4, 0.5) is 9.59 Å². The molecule has 1 fully saturated rings. The number of benzene rings is 1. The van der Waals surface area contributed by atoms with E-state index in [0.717, 1.165) is 14.8 Å². The van der Waals surface area contributed by atoms with E-state index < -0.39 is 45.2 Å². The SMILES string of the molecule is C=C[C@H]1C[C@H](C(C)(C)C)N(C(=O)OC(C)(C)C)C(=O)N1S(=O)(=O)c1ccc(C)cc1. The Morgan fingerprint density at radius 2 is 1.67 bits per heavy atom. The molecule has 1 heterocycles. The Hall–Kier alpha value is -2.35. The molecule has 8 heteroatoms.